The molecule has 27 heavy (non-hydrogen) atoms. The second kappa shape index (κ2) is 6.91. The molecule has 0 radical (unpaired) electrons. The number of hydrogen-bond donors (Lipinski definition) is 0. The van der Waals surface area contributed by atoms with Gasteiger partial charge in [0, 0.05) is 12.6 Å². The van der Waals surface area contributed by atoms with Crippen molar-refractivity contribution in [2.24, 2.45) is 7.05 Å². The first kappa shape index (κ1) is 16.8. The minimum atomic E-state index is -0.202. The third-order valence-corrected chi connectivity index (χ3v) is 4.17. The predicted octanol–water partition coefficient (Wildman–Crippen LogP) is 2.04. The van der Waals surface area contributed by atoms with Gasteiger partial charge < -0.3 is 4.74 Å². The van der Waals surface area contributed by atoms with Crippen LogP contribution in [0, 0.1) is 6.92 Å². The largest absolute Gasteiger partial charge is 0.457 e. The van der Waals surface area contributed by atoms with Gasteiger partial charge in [-0.25, -0.2) is 18.7 Å². The average Bonchev–Trinajstić information content (AvgIpc) is 3.26. The first-order valence-electron chi connectivity index (χ1n) is 8.44. The zero-order valence-corrected chi connectivity index (χ0v) is 15.0. The van der Waals surface area contributed by atoms with Crippen LogP contribution in [0.4, 0.5) is 0 Å². The van der Waals surface area contributed by atoms with Gasteiger partial charge in [-0.2, -0.15) is 10.1 Å². The average molecular weight is 362 g/mol. The molecule has 4 rings (SSSR count). The molecule has 8 heteroatoms. The summed E-state index contributed by atoms with van der Waals surface area (Å²) in [7, 11) is 1.63. The van der Waals surface area contributed by atoms with Crippen LogP contribution in [-0.4, -0.2) is 29.1 Å². The predicted molar refractivity (Wildman–Crippen MR) is 99.2 cm³/mol. The van der Waals surface area contributed by atoms with Crippen molar-refractivity contribution < 1.29 is 4.74 Å². The molecule has 4 aromatic rings. The van der Waals surface area contributed by atoms with Gasteiger partial charge in [0.15, 0.2) is 0 Å². The Balaban J connectivity index is 1.58. The maximum Gasteiger partial charge on any atom is 0.350 e. The zero-order chi connectivity index (χ0) is 18.8. The molecular weight excluding hydrogens is 344 g/mol. The van der Waals surface area contributed by atoms with Crippen molar-refractivity contribution in [2.45, 2.75) is 13.5 Å². The van der Waals surface area contributed by atoms with Gasteiger partial charge in [-0.05, 0) is 25.1 Å². The van der Waals surface area contributed by atoms with Crippen molar-refractivity contribution in [1.29, 1.82) is 0 Å². The van der Waals surface area contributed by atoms with E-state index in [0.717, 1.165) is 16.9 Å². The lowest BCUT2D eigenvalue weighted by molar-refractivity contribution is 0.280. The molecule has 0 aliphatic heterocycles. The lowest BCUT2D eigenvalue weighted by atomic mass is 10.2. The maximum atomic E-state index is 12.4. The number of ether oxygens (including phenoxy) is 1. The van der Waals surface area contributed by atoms with Crippen LogP contribution >= 0.6 is 0 Å². The van der Waals surface area contributed by atoms with Crippen molar-refractivity contribution in [3.63, 3.8) is 0 Å². The highest BCUT2D eigenvalue weighted by atomic mass is 16.5. The van der Waals surface area contributed by atoms with E-state index in [1.807, 2.05) is 54.6 Å². The summed E-state index contributed by atoms with van der Waals surface area (Å²) in [6.07, 6.45) is 1.60. The van der Waals surface area contributed by atoms with Gasteiger partial charge >= 0.3 is 11.7 Å². The van der Waals surface area contributed by atoms with Crippen LogP contribution in [0.1, 0.15) is 11.4 Å². The first-order valence-corrected chi connectivity index (χ1v) is 8.44. The van der Waals surface area contributed by atoms with Crippen LogP contribution < -0.4 is 10.4 Å². The van der Waals surface area contributed by atoms with E-state index in [9.17, 15) is 4.79 Å². The molecular formula is C19H18N6O2. The van der Waals surface area contributed by atoms with E-state index in [1.165, 1.54) is 4.68 Å². The molecule has 0 saturated carbocycles. The normalized spacial score (nSPS) is 10.9. The molecule has 0 fully saturated rings. The minimum absolute atomic E-state index is 0.202. The Kier molecular flexibility index (Phi) is 4.29. The molecule has 136 valence electrons. The molecule has 0 spiro atoms. The van der Waals surface area contributed by atoms with E-state index in [0.29, 0.717) is 5.82 Å². The third-order valence-electron chi connectivity index (χ3n) is 4.17. The van der Waals surface area contributed by atoms with Gasteiger partial charge in [0.1, 0.15) is 18.8 Å². The smallest absolute Gasteiger partial charge is 0.350 e. The Labute approximate surface area is 155 Å². The standard InChI is InChI=1S/C19H18N6O2/c1-14-21-23(2)19(26)25(14)17-11-7-6-8-15(17)12-27-18-20-13-24(22-18)16-9-4-3-5-10-16/h3-11,13H,12H2,1-2H3. The van der Waals surface area contributed by atoms with Gasteiger partial charge in [-0.1, -0.05) is 36.4 Å². The molecule has 2 aromatic carbocycles. The third kappa shape index (κ3) is 3.24. The van der Waals surface area contributed by atoms with Crippen LogP contribution in [0.25, 0.3) is 11.4 Å². The molecule has 0 N–H and O–H groups in total. The highest BCUT2D eigenvalue weighted by Crippen LogP contribution is 2.16. The monoisotopic (exact) mass is 362 g/mol. The number of rotatable bonds is 5. The van der Waals surface area contributed by atoms with Crippen molar-refractivity contribution in [2.75, 3.05) is 0 Å². The fourth-order valence-corrected chi connectivity index (χ4v) is 2.88. The Bertz CT molecular complexity index is 1130. The van der Waals surface area contributed by atoms with Crippen LogP contribution in [0.15, 0.2) is 65.7 Å². The summed E-state index contributed by atoms with van der Waals surface area (Å²) < 4.78 is 10.3. The van der Waals surface area contributed by atoms with E-state index < -0.39 is 0 Å². The Morgan fingerprint density at radius 2 is 1.74 bits per heavy atom. The molecule has 0 unspecified atom stereocenters. The molecule has 2 aromatic heterocycles. The lowest BCUT2D eigenvalue weighted by Crippen LogP contribution is -2.23. The number of para-hydroxylation sites is 2. The fraction of sp³-hybridized carbons (Fsp3) is 0.158. The van der Waals surface area contributed by atoms with E-state index in [1.54, 1.807) is 29.5 Å². The summed E-state index contributed by atoms with van der Waals surface area (Å²) in [4.78, 5) is 16.6. The van der Waals surface area contributed by atoms with E-state index >= 15 is 0 Å². The number of aryl methyl sites for hydroxylation is 2. The number of hydrogen-bond acceptors (Lipinski definition) is 5. The molecule has 0 saturated heterocycles. The molecule has 0 atom stereocenters. The molecule has 2 heterocycles. The highest BCUT2D eigenvalue weighted by Gasteiger charge is 2.14. The van der Waals surface area contributed by atoms with E-state index in [2.05, 4.69) is 15.2 Å². The maximum absolute atomic E-state index is 12.4. The van der Waals surface area contributed by atoms with Gasteiger partial charge in [0.05, 0.1) is 11.4 Å². The number of aromatic nitrogens is 6. The number of benzene rings is 2. The van der Waals surface area contributed by atoms with E-state index in [-0.39, 0.29) is 18.3 Å². The molecule has 0 aliphatic rings. The SMILES string of the molecule is Cc1nn(C)c(=O)n1-c1ccccc1COc1ncn(-c2ccccc2)n1. The van der Waals surface area contributed by atoms with Crippen molar-refractivity contribution in [3.8, 4) is 17.4 Å². The molecule has 8 nitrogen and oxygen atoms in total. The van der Waals surface area contributed by atoms with Gasteiger partial charge in [0.2, 0.25) is 0 Å². The number of nitrogens with zero attached hydrogens (tertiary/aromatic N) is 6. The Hall–Kier alpha value is -3.68. The fourth-order valence-electron chi connectivity index (χ4n) is 2.88. The highest BCUT2D eigenvalue weighted by molar-refractivity contribution is 5.41. The van der Waals surface area contributed by atoms with Crippen LogP contribution in [0.5, 0.6) is 6.01 Å². The summed E-state index contributed by atoms with van der Waals surface area (Å²) in [5.41, 5.74) is 2.27. The second-order valence-electron chi connectivity index (χ2n) is 6.01. The van der Waals surface area contributed by atoms with Gasteiger partial charge in [-0.15, -0.1) is 5.10 Å². The summed E-state index contributed by atoms with van der Waals surface area (Å²) in [6.45, 7) is 2.03. The summed E-state index contributed by atoms with van der Waals surface area (Å²) in [6, 6.07) is 17.5. The van der Waals surface area contributed by atoms with Crippen LogP contribution in [0.2, 0.25) is 0 Å². The quantitative estimate of drug-likeness (QED) is 0.543. The van der Waals surface area contributed by atoms with Crippen LogP contribution in [0.3, 0.4) is 0 Å². The van der Waals surface area contributed by atoms with E-state index in [4.69, 9.17) is 4.74 Å². The molecule has 0 aliphatic carbocycles. The lowest BCUT2D eigenvalue weighted by Gasteiger charge is -2.10. The Morgan fingerprint density at radius 1 is 1.00 bits per heavy atom. The van der Waals surface area contributed by atoms with Gasteiger partial charge in [0.25, 0.3) is 0 Å². The molecule has 0 amide bonds. The van der Waals surface area contributed by atoms with Crippen molar-refractivity contribution in [1.82, 2.24) is 29.1 Å². The Morgan fingerprint density at radius 3 is 2.48 bits per heavy atom. The van der Waals surface area contributed by atoms with Crippen LogP contribution in [-0.2, 0) is 13.7 Å². The first-order chi connectivity index (χ1) is 13.1. The second-order valence-corrected chi connectivity index (χ2v) is 6.01. The minimum Gasteiger partial charge on any atom is -0.457 e. The van der Waals surface area contributed by atoms with Gasteiger partial charge in [-0.3, -0.25) is 0 Å². The zero-order valence-electron chi connectivity index (χ0n) is 15.0. The van der Waals surface area contributed by atoms with Crippen molar-refractivity contribution in [3.05, 3.63) is 82.8 Å². The topological polar surface area (TPSA) is 79.8 Å². The van der Waals surface area contributed by atoms with Crippen molar-refractivity contribution >= 4 is 0 Å². The molecule has 0 bridgehead atoms. The summed E-state index contributed by atoms with van der Waals surface area (Å²) in [5, 5.41) is 8.52. The summed E-state index contributed by atoms with van der Waals surface area (Å²) >= 11 is 0. The summed E-state index contributed by atoms with van der Waals surface area (Å²) in [5.74, 6) is 0.612.